The number of hydrogen-bond acceptors (Lipinski definition) is 6. The van der Waals surface area contributed by atoms with E-state index in [0.29, 0.717) is 24.5 Å². The molecule has 0 bridgehead atoms. The fourth-order valence-corrected chi connectivity index (χ4v) is 2.34. The first-order valence-electron chi connectivity index (χ1n) is 6.92. The summed E-state index contributed by atoms with van der Waals surface area (Å²) in [5, 5.41) is 5.25. The molecule has 24 heavy (non-hydrogen) atoms. The van der Waals surface area contributed by atoms with Crippen molar-refractivity contribution in [3.05, 3.63) is 40.3 Å². The predicted molar refractivity (Wildman–Crippen MR) is 103 cm³/mol. The minimum Gasteiger partial charge on any atom is -0.492 e. The average Bonchev–Trinajstić information content (AvgIpc) is 2.98. The first-order valence-corrected chi connectivity index (χ1v) is 7.80. The van der Waals surface area contributed by atoms with E-state index in [-0.39, 0.29) is 30.7 Å². The summed E-state index contributed by atoms with van der Waals surface area (Å²) in [5.74, 6) is 0.538. The van der Waals surface area contributed by atoms with Gasteiger partial charge in [-0.25, -0.2) is 4.98 Å². The van der Waals surface area contributed by atoms with Gasteiger partial charge in [-0.3, -0.25) is 4.79 Å². The molecule has 0 aliphatic rings. The van der Waals surface area contributed by atoms with Gasteiger partial charge in [0.25, 0.3) is 5.91 Å². The largest absolute Gasteiger partial charge is 0.492 e. The lowest BCUT2D eigenvalue weighted by Crippen LogP contribution is -2.19. The van der Waals surface area contributed by atoms with Crippen LogP contribution in [0.15, 0.2) is 29.6 Å². The van der Waals surface area contributed by atoms with E-state index in [0.717, 1.165) is 17.3 Å². The second-order valence-corrected chi connectivity index (χ2v) is 5.90. The lowest BCUT2D eigenvalue weighted by atomic mass is 10.3. The molecule has 134 valence electrons. The summed E-state index contributed by atoms with van der Waals surface area (Å²) < 4.78 is 5.60. The molecule has 0 aliphatic heterocycles. The molecule has 0 aliphatic carbocycles. The Kier molecular flexibility index (Phi) is 10.6. The molecule has 1 aromatic heterocycles. The standard InChI is InChI=1S/C15H20N4O2S.2ClH/c1-19(2)7-8-21-12-5-3-11(4-6-12)17-15(20)13-10-22-14(9-16)18-13;;/h3-6,10H,7-9,16H2,1-2H3,(H,17,20);2*1H. The van der Waals surface area contributed by atoms with E-state index in [1.54, 1.807) is 17.5 Å². The Morgan fingerprint density at radius 3 is 2.50 bits per heavy atom. The minimum absolute atomic E-state index is 0. The van der Waals surface area contributed by atoms with E-state index in [1.165, 1.54) is 11.3 Å². The number of likely N-dealkylation sites (N-methyl/N-ethyl adjacent to an activating group) is 1. The second kappa shape index (κ2) is 11.2. The van der Waals surface area contributed by atoms with Crippen molar-refractivity contribution in [3.63, 3.8) is 0 Å². The summed E-state index contributed by atoms with van der Waals surface area (Å²) >= 11 is 1.38. The van der Waals surface area contributed by atoms with Gasteiger partial charge in [0.15, 0.2) is 0 Å². The number of carbonyl (C=O) groups is 1. The summed E-state index contributed by atoms with van der Waals surface area (Å²) in [5.41, 5.74) is 6.58. The van der Waals surface area contributed by atoms with E-state index < -0.39 is 0 Å². The number of benzene rings is 1. The number of carbonyl (C=O) groups excluding carboxylic acids is 1. The molecule has 0 fully saturated rings. The highest BCUT2D eigenvalue weighted by Gasteiger charge is 2.10. The lowest BCUT2D eigenvalue weighted by Gasteiger charge is -2.11. The van der Waals surface area contributed by atoms with Crippen molar-refractivity contribution in [2.24, 2.45) is 5.73 Å². The maximum absolute atomic E-state index is 12.0. The normalized spacial score (nSPS) is 9.83. The third-order valence-electron chi connectivity index (χ3n) is 2.88. The fourth-order valence-electron chi connectivity index (χ4n) is 1.68. The molecule has 1 heterocycles. The lowest BCUT2D eigenvalue weighted by molar-refractivity contribution is 0.102. The van der Waals surface area contributed by atoms with Crippen LogP contribution in [0.5, 0.6) is 5.75 Å². The number of aromatic nitrogens is 1. The molecular formula is C15H22Cl2N4O2S. The quantitative estimate of drug-likeness (QED) is 0.756. The summed E-state index contributed by atoms with van der Waals surface area (Å²) in [7, 11) is 3.99. The fraction of sp³-hybridized carbons (Fsp3) is 0.333. The van der Waals surface area contributed by atoms with E-state index >= 15 is 0 Å². The molecule has 2 rings (SSSR count). The zero-order chi connectivity index (χ0) is 15.9. The van der Waals surface area contributed by atoms with Crippen LogP contribution in [0.25, 0.3) is 0 Å². The Morgan fingerprint density at radius 1 is 1.29 bits per heavy atom. The van der Waals surface area contributed by atoms with E-state index in [4.69, 9.17) is 10.5 Å². The molecule has 0 atom stereocenters. The molecule has 3 N–H and O–H groups in total. The van der Waals surface area contributed by atoms with Crippen molar-refractivity contribution >= 4 is 47.7 Å². The number of rotatable bonds is 7. The van der Waals surface area contributed by atoms with Crippen LogP contribution in [0.2, 0.25) is 0 Å². The van der Waals surface area contributed by atoms with Crippen molar-refractivity contribution in [1.29, 1.82) is 0 Å². The van der Waals surface area contributed by atoms with Crippen LogP contribution in [-0.2, 0) is 6.54 Å². The summed E-state index contributed by atoms with van der Waals surface area (Å²) in [6.45, 7) is 1.82. The van der Waals surface area contributed by atoms with Crippen LogP contribution in [0, 0.1) is 0 Å². The SMILES string of the molecule is CN(C)CCOc1ccc(NC(=O)c2csc(CN)n2)cc1.Cl.Cl. The van der Waals surface area contributed by atoms with Crippen molar-refractivity contribution in [2.45, 2.75) is 6.54 Å². The first-order chi connectivity index (χ1) is 10.6. The second-order valence-electron chi connectivity index (χ2n) is 4.96. The highest BCUT2D eigenvalue weighted by molar-refractivity contribution is 7.09. The molecule has 0 saturated carbocycles. The van der Waals surface area contributed by atoms with Gasteiger partial charge in [-0.15, -0.1) is 36.2 Å². The van der Waals surface area contributed by atoms with Crippen LogP contribution in [-0.4, -0.2) is 43.0 Å². The number of nitrogens with two attached hydrogens (primary N) is 1. The molecule has 0 radical (unpaired) electrons. The molecule has 0 saturated heterocycles. The number of halogens is 2. The van der Waals surface area contributed by atoms with Crippen molar-refractivity contribution in [3.8, 4) is 5.75 Å². The molecule has 2 aromatic rings. The maximum Gasteiger partial charge on any atom is 0.275 e. The number of nitrogens with zero attached hydrogens (tertiary/aromatic N) is 2. The monoisotopic (exact) mass is 392 g/mol. The van der Waals surface area contributed by atoms with Gasteiger partial charge in [-0.1, -0.05) is 0 Å². The molecular weight excluding hydrogens is 371 g/mol. The minimum atomic E-state index is -0.239. The number of hydrogen-bond donors (Lipinski definition) is 2. The predicted octanol–water partition coefficient (Wildman–Crippen LogP) is 2.64. The van der Waals surface area contributed by atoms with E-state index in [2.05, 4.69) is 15.2 Å². The molecule has 0 unspecified atom stereocenters. The number of thiazole rings is 1. The maximum atomic E-state index is 12.0. The number of anilines is 1. The van der Waals surface area contributed by atoms with E-state index in [1.807, 2.05) is 26.2 Å². The summed E-state index contributed by atoms with van der Waals surface area (Å²) in [6, 6.07) is 7.27. The van der Waals surface area contributed by atoms with Gasteiger partial charge in [0, 0.05) is 24.2 Å². The number of amides is 1. The van der Waals surface area contributed by atoms with Gasteiger partial charge in [-0.2, -0.15) is 0 Å². The van der Waals surface area contributed by atoms with E-state index in [9.17, 15) is 4.79 Å². The first kappa shape index (κ1) is 22.6. The zero-order valence-corrected chi connectivity index (χ0v) is 16.0. The summed E-state index contributed by atoms with van der Waals surface area (Å²) in [4.78, 5) is 18.2. The van der Waals surface area contributed by atoms with Crippen LogP contribution in [0.3, 0.4) is 0 Å². The molecule has 6 nitrogen and oxygen atoms in total. The molecule has 1 amide bonds. The van der Waals surface area contributed by atoms with Crippen molar-refractivity contribution in [2.75, 3.05) is 32.6 Å². The zero-order valence-electron chi connectivity index (χ0n) is 13.5. The Bertz CT molecular complexity index is 620. The topological polar surface area (TPSA) is 80.5 Å². The third-order valence-corrected chi connectivity index (χ3v) is 3.75. The number of ether oxygens (including phenoxy) is 1. The van der Waals surface area contributed by atoms with Crippen LogP contribution in [0.1, 0.15) is 15.5 Å². The molecule has 1 aromatic carbocycles. The molecule has 0 spiro atoms. The highest BCUT2D eigenvalue weighted by Crippen LogP contribution is 2.17. The Balaban J connectivity index is 0.00000264. The van der Waals surface area contributed by atoms with Crippen molar-refractivity contribution in [1.82, 2.24) is 9.88 Å². The van der Waals surface area contributed by atoms with Gasteiger partial charge in [-0.05, 0) is 38.4 Å². The summed E-state index contributed by atoms with van der Waals surface area (Å²) in [6.07, 6.45) is 0. The van der Waals surface area contributed by atoms with Crippen molar-refractivity contribution < 1.29 is 9.53 Å². The highest BCUT2D eigenvalue weighted by atomic mass is 35.5. The van der Waals surface area contributed by atoms with Gasteiger partial charge >= 0.3 is 0 Å². The van der Waals surface area contributed by atoms with Gasteiger partial charge < -0.3 is 20.7 Å². The average molecular weight is 393 g/mol. The van der Waals surface area contributed by atoms with Gasteiger partial charge in [0.1, 0.15) is 23.1 Å². The Morgan fingerprint density at radius 2 is 1.96 bits per heavy atom. The molecule has 9 heteroatoms. The van der Waals surface area contributed by atoms with Gasteiger partial charge in [0.05, 0.1) is 0 Å². The van der Waals surface area contributed by atoms with Crippen LogP contribution >= 0.6 is 36.2 Å². The van der Waals surface area contributed by atoms with Gasteiger partial charge in [0.2, 0.25) is 0 Å². The third kappa shape index (κ3) is 7.02. The Hall–Kier alpha value is -1.38. The van der Waals surface area contributed by atoms with Crippen LogP contribution in [0.4, 0.5) is 5.69 Å². The smallest absolute Gasteiger partial charge is 0.275 e. The Labute approximate surface area is 158 Å². The number of nitrogens with one attached hydrogen (secondary N) is 1. The van der Waals surface area contributed by atoms with Crippen LogP contribution < -0.4 is 15.8 Å².